The van der Waals surface area contributed by atoms with Gasteiger partial charge in [-0.2, -0.15) is 0 Å². The molecule has 2 aromatic rings. The van der Waals surface area contributed by atoms with E-state index in [-0.39, 0.29) is 16.5 Å². The minimum atomic E-state index is -3.72. The molecule has 0 spiro atoms. The predicted octanol–water partition coefficient (Wildman–Crippen LogP) is 1.41. The lowest BCUT2D eigenvalue weighted by molar-refractivity contribution is 0.601. The number of nitrogen functional groups attached to an aromatic ring is 1. The fourth-order valence-electron chi connectivity index (χ4n) is 1.55. The van der Waals surface area contributed by atoms with Crippen molar-refractivity contribution in [1.29, 1.82) is 0 Å². The monoisotopic (exact) mass is 266 g/mol. The van der Waals surface area contributed by atoms with Gasteiger partial charge in [-0.05, 0) is 37.1 Å². The number of aryl methyl sites for hydroxylation is 2. The van der Waals surface area contributed by atoms with E-state index >= 15 is 0 Å². The molecule has 0 fully saturated rings. The number of anilines is 2. The third-order valence-electron chi connectivity index (χ3n) is 2.64. The number of aromatic amines is 1. The number of rotatable bonds is 3. The van der Waals surface area contributed by atoms with E-state index in [4.69, 9.17) is 5.73 Å². The minimum Gasteiger partial charge on any atom is -0.398 e. The zero-order valence-electron chi connectivity index (χ0n) is 10.1. The van der Waals surface area contributed by atoms with Crippen LogP contribution in [-0.4, -0.2) is 18.4 Å². The Morgan fingerprint density at radius 2 is 1.94 bits per heavy atom. The van der Waals surface area contributed by atoms with Gasteiger partial charge in [0.15, 0.2) is 0 Å². The molecule has 0 aliphatic heterocycles. The Morgan fingerprint density at radius 3 is 2.56 bits per heavy atom. The van der Waals surface area contributed by atoms with Crippen molar-refractivity contribution in [3.8, 4) is 0 Å². The SMILES string of the molecule is Cc1cc(N)c(S(=O)(=O)Nc2ncc[nH]2)cc1C. The summed E-state index contributed by atoms with van der Waals surface area (Å²) >= 11 is 0. The Morgan fingerprint density at radius 1 is 1.28 bits per heavy atom. The molecule has 0 atom stereocenters. The summed E-state index contributed by atoms with van der Waals surface area (Å²) in [6.07, 6.45) is 2.99. The van der Waals surface area contributed by atoms with Gasteiger partial charge in [-0.15, -0.1) is 0 Å². The van der Waals surface area contributed by atoms with Gasteiger partial charge in [0.2, 0.25) is 5.95 Å². The topological polar surface area (TPSA) is 101 Å². The van der Waals surface area contributed by atoms with Crippen molar-refractivity contribution in [2.75, 3.05) is 10.5 Å². The number of aromatic nitrogens is 2. The number of benzene rings is 1. The van der Waals surface area contributed by atoms with Crippen LogP contribution in [0.3, 0.4) is 0 Å². The van der Waals surface area contributed by atoms with Crippen molar-refractivity contribution < 1.29 is 8.42 Å². The highest BCUT2D eigenvalue weighted by Gasteiger charge is 2.19. The lowest BCUT2D eigenvalue weighted by atomic mass is 10.1. The number of hydrogen-bond acceptors (Lipinski definition) is 4. The number of imidazole rings is 1. The quantitative estimate of drug-likeness (QED) is 0.731. The molecule has 1 aromatic carbocycles. The molecule has 0 radical (unpaired) electrons. The molecule has 0 aliphatic carbocycles. The Kier molecular flexibility index (Phi) is 3.00. The van der Waals surface area contributed by atoms with Crippen molar-refractivity contribution in [2.45, 2.75) is 18.7 Å². The number of nitrogens with two attached hydrogens (primary N) is 1. The van der Waals surface area contributed by atoms with E-state index < -0.39 is 10.0 Å². The van der Waals surface area contributed by atoms with Gasteiger partial charge in [-0.3, -0.25) is 0 Å². The Bertz CT molecular complexity index is 663. The maximum Gasteiger partial charge on any atom is 0.266 e. The van der Waals surface area contributed by atoms with Gasteiger partial charge in [0.05, 0.1) is 5.69 Å². The summed E-state index contributed by atoms with van der Waals surface area (Å²) in [7, 11) is -3.72. The van der Waals surface area contributed by atoms with Crippen LogP contribution in [0.1, 0.15) is 11.1 Å². The Hall–Kier alpha value is -2.02. The van der Waals surface area contributed by atoms with Gasteiger partial charge in [-0.1, -0.05) is 0 Å². The van der Waals surface area contributed by atoms with Crippen LogP contribution in [0.4, 0.5) is 11.6 Å². The highest BCUT2D eigenvalue weighted by Crippen LogP contribution is 2.23. The first-order valence-corrected chi connectivity index (χ1v) is 6.77. The lowest BCUT2D eigenvalue weighted by Crippen LogP contribution is -2.16. The van der Waals surface area contributed by atoms with Gasteiger partial charge < -0.3 is 10.7 Å². The molecular formula is C11H14N4O2S. The first-order chi connectivity index (χ1) is 8.40. The normalized spacial score (nSPS) is 11.4. The first kappa shape index (κ1) is 12.4. The molecule has 1 aromatic heterocycles. The summed E-state index contributed by atoms with van der Waals surface area (Å²) in [5.74, 6) is 0.160. The van der Waals surface area contributed by atoms with E-state index in [2.05, 4.69) is 14.7 Å². The first-order valence-electron chi connectivity index (χ1n) is 5.29. The van der Waals surface area contributed by atoms with E-state index in [9.17, 15) is 8.42 Å². The van der Waals surface area contributed by atoms with E-state index in [0.717, 1.165) is 11.1 Å². The van der Waals surface area contributed by atoms with Gasteiger partial charge in [-0.25, -0.2) is 18.1 Å². The molecule has 18 heavy (non-hydrogen) atoms. The van der Waals surface area contributed by atoms with Crippen LogP contribution < -0.4 is 10.5 Å². The van der Waals surface area contributed by atoms with Crippen LogP contribution in [0, 0.1) is 13.8 Å². The van der Waals surface area contributed by atoms with Gasteiger partial charge in [0.1, 0.15) is 4.90 Å². The zero-order valence-corrected chi connectivity index (χ0v) is 10.9. The summed E-state index contributed by atoms with van der Waals surface area (Å²) in [5.41, 5.74) is 7.79. The Balaban J connectivity index is 2.44. The number of sulfonamides is 1. The molecule has 0 aliphatic rings. The van der Waals surface area contributed by atoms with Gasteiger partial charge >= 0.3 is 0 Å². The van der Waals surface area contributed by atoms with Gasteiger partial charge in [0.25, 0.3) is 10.0 Å². The van der Waals surface area contributed by atoms with Crippen LogP contribution in [0.2, 0.25) is 0 Å². The fourth-order valence-corrected chi connectivity index (χ4v) is 2.73. The molecule has 0 saturated carbocycles. The molecule has 6 nitrogen and oxygen atoms in total. The number of H-pyrrole nitrogens is 1. The molecular weight excluding hydrogens is 252 g/mol. The molecule has 7 heteroatoms. The van der Waals surface area contributed by atoms with Crippen LogP contribution >= 0.6 is 0 Å². The van der Waals surface area contributed by atoms with Crippen LogP contribution in [0.25, 0.3) is 0 Å². The molecule has 0 amide bonds. The third kappa shape index (κ3) is 2.30. The van der Waals surface area contributed by atoms with Crippen molar-refractivity contribution in [1.82, 2.24) is 9.97 Å². The largest absolute Gasteiger partial charge is 0.398 e. The number of nitrogens with zero attached hydrogens (tertiary/aromatic N) is 1. The second kappa shape index (κ2) is 4.34. The van der Waals surface area contributed by atoms with Gasteiger partial charge in [0, 0.05) is 12.4 Å². The molecule has 2 rings (SSSR count). The van der Waals surface area contributed by atoms with Crippen LogP contribution in [0.5, 0.6) is 0 Å². The Labute approximate surface area is 105 Å². The van der Waals surface area contributed by atoms with Crippen LogP contribution in [0.15, 0.2) is 29.4 Å². The van der Waals surface area contributed by atoms with Crippen molar-refractivity contribution in [3.05, 3.63) is 35.7 Å². The molecule has 4 N–H and O–H groups in total. The smallest absolute Gasteiger partial charge is 0.266 e. The maximum atomic E-state index is 12.1. The summed E-state index contributed by atoms with van der Waals surface area (Å²) in [4.78, 5) is 6.53. The second-order valence-corrected chi connectivity index (χ2v) is 5.67. The predicted molar refractivity (Wildman–Crippen MR) is 69.7 cm³/mol. The molecule has 0 saturated heterocycles. The molecule has 0 unspecified atom stereocenters. The van der Waals surface area contributed by atoms with Crippen molar-refractivity contribution in [3.63, 3.8) is 0 Å². The average Bonchev–Trinajstić information content (AvgIpc) is 2.75. The maximum absolute atomic E-state index is 12.1. The van der Waals surface area contributed by atoms with Crippen LogP contribution in [-0.2, 0) is 10.0 Å². The van der Waals surface area contributed by atoms with E-state index in [1.165, 1.54) is 12.4 Å². The zero-order chi connectivity index (χ0) is 13.3. The summed E-state index contributed by atoms with van der Waals surface area (Å²) in [6.45, 7) is 3.71. The standard InChI is InChI=1S/C11H14N4O2S/c1-7-5-9(12)10(6-8(7)2)18(16,17)15-11-13-3-4-14-11/h3-6H,12H2,1-2H3,(H2,13,14,15). The van der Waals surface area contributed by atoms with E-state index in [0.29, 0.717) is 0 Å². The highest BCUT2D eigenvalue weighted by molar-refractivity contribution is 7.92. The third-order valence-corrected chi connectivity index (χ3v) is 4.04. The van der Waals surface area contributed by atoms with Crippen molar-refractivity contribution >= 4 is 21.7 Å². The molecule has 96 valence electrons. The van der Waals surface area contributed by atoms with E-state index in [1.54, 1.807) is 12.1 Å². The summed E-state index contributed by atoms with van der Waals surface area (Å²) < 4.78 is 26.6. The lowest BCUT2D eigenvalue weighted by Gasteiger charge is -2.10. The molecule has 0 bridgehead atoms. The minimum absolute atomic E-state index is 0.0574. The summed E-state index contributed by atoms with van der Waals surface area (Å²) in [5, 5.41) is 0. The second-order valence-electron chi connectivity index (χ2n) is 4.02. The highest BCUT2D eigenvalue weighted by atomic mass is 32.2. The number of nitrogens with one attached hydrogen (secondary N) is 2. The average molecular weight is 266 g/mol. The number of hydrogen-bond donors (Lipinski definition) is 3. The fraction of sp³-hybridized carbons (Fsp3) is 0.182. The summed E-state index contributed by atoms with van der Waals surface area (Å²) in [6, 6.07) is 3.20. The van der Waals surface area contributed by atoms with Crippen molar-refractivity contribution in [2.24, 2.45) is 0 Å². The van der Waals surface area contributed by atoms with E-state index in [1.807, 2.05) is 13.8 Å². The molecule has 1 heterocycles.